The van der Waals surface area contributed by atoms with Crippen molar-refractivity contribution in [2.75, 3.05) is 20.3 Å². The fourth-order valence-electron chi connectivity index (χ4n) is 1.73. The number of aromatic hydroxyl groups is 1. The van der Waals surface area contributed by atoms with Crippen LogP contribution in [-0.4, -0.2) is 35.5 Å². The Bertz CT molecular complexity index is 369. The fourth-order valence-corrected chi connectivity index (χ4v) is 1.73. The smallest absolute Gasteiger partial charge is 0.141 e. The Morgan fingerprint density at radius 2 is 2.17 bits per heavy atom. The standard InChI is InChI=1S/C13H22N2O3/c1-10-13(17)12(11(9-16)7-15-10)8-14-5-3-4-6-18-2/h7,14,16-17H,3-6,8-9H2,1-2H3. The third kappa shape index (κ3) is 4.25. The van der Waals surface area contributed by atoms with Crippen LogP contribution in [0.3, 0.4) is 0 Å². The van der Waals surface area contributed by atoms with E-state index in [1.807, 2.05) is 0 Å². The van der Waals surface area contributed by atoms with Crippen molar-refractivity contribution in [2.45, 2.75) is 32.9 Å². The van der Waals surface area contributed by atoms with Gasteiger partial charge in [0, 0.05) is 37.6 Å². The van der Waals surface area contributed by atoms with E-state index in [2.05, 4.69) is 10.3 Å². The molecule has 0 saturated carbocycles. The summed E-state index contributed by atoms with van der Waals surface area (Å²) in [6.45, 7) is 3.80. The second kappa shape index (κ2) is 8.02. The first-order valence-corrected chi connectivity index (χ1v) is 6.17. The first-order chi connectivity index (χ1) is 8.70. The molecular weight excluding hydrogens is 232 g/mol. The zero-order valence-electron chi connectivity index (χ0n) is 11.1. The van der Waals surface area contributed by atoms with E-state index in [-0.39, 0.29) is 12.4 Å². The summed E-state index contributed by atoms with van der Waals surface area (Å²) in [6, 6.07) is 0. The number of pyridine rings is 1. The van der Waals surface area contributed by atoms with Crippen LogP contribution in [0.25, 0.3) is 0 Å². The topological polar surface area (TPSA) is 74.6 Å². The molecule has 0 aliphatic carbocycles. The minimum absolute atomic E-state index is 0.110. The first-order valence-electron chi connectivity index (χ1n) is 6.17. The quantitative estimate of drug-likeness (QED) is 0.606. The highest BCUT2D eigenvalue weighted by atomic mass is 16.5. The Morgan fingerprint density at radius 1 is 1.39 bits per heavy atom. The number of aliphatic hydroxyl groups is 1. The number of unbranched alkanes of at least 4 members (excludes halogenated alkanes) is 1. The number of methoxy groups -OCH3 is 1. The Kier molecular flexibility index (Phi) is 6.64. The van der Waals surface area contributed by atoms with Gasteiger partial charge >= 0.3 is 0 Å². The van der Waals surface area contributed by atoms with Gasteiger partial charge in [-0.3, -0.25) is 4.98 Å². The zero-order chi connectivity index (χ0) is 13.4. The summed E-state index contributed by atoms with van der Waals surface area (Å²) >= 11 is 0. The van der Waals surface area contributed by atoms with E-state index in [9.17, 15) is 10.2 Å². The molecule has 0 saturated heterocycles. The third-order valence-electron chi connectivity index (χ3n) is 2.85. The maximum Gasteiger partial charge on any atom is 0.141 e. The van der Waals surface area contributed by atoms with Crippen molar-refractivity contribution >= 4 is 0 Å². The van der Waals surface area contributed by atoms with Crippen LogP contribution in [-0.2, 0) is 17.9 Å². The average Bonchev–Trinajstić information content (AvgIpc) is 2.38. The molecule has 5 nitrogen and oxygen atoms in total. The van der Waals surface area contributed by atoms with Crippen LogP contribution in [0.5, 0.6) is 5.75 Å². The van der Waals surface area contributed by atoms with Crippen molar-refractivity contribution in [3.63, 3.8) is 0 Å². The van der Waals surface area contributed by atoms with Gasteiger partial charge in [0.25, 0.3) is 0 Å². The summed E-state index contributed by atoms with van der Waals surface area (Å²) in [5.74, 6) is 0.172. The molecule has 0 bridgehead atoms. The Labute approximate surface area is 108 Å². The molecule has 0 aromatic carbocycles. The van der Waals surface area contributed by atoms with Crippen molar-refractivity contribution in [3.05, 3.63) is 23.0 Å². The monoisotopic (exact) mass is 254 g/mol. The van der Waals surface area contributed by atoms with E-state index in [0.717, 1.165) is 31.6 Å². The highest BCUT2D eigenvalue weighted by molar-refractivity contribution is 5.40. The molecule has 102 valence electrons. The highest BCUT2D eigenvalue weighted by Crippen LogP contribution is 2.23. The van der Waals surface area contributed by atoms with Crippen LogP contribution in [0.2, 0.25) is 0 Å². The maximum absolute atomic E-state index is 9.92. The molecule has 1 aromatic heterocycles. The van der Waals surface area contributed by atoms with Crippen LogP contribution in [0.1, 0.15) is 29.7 Å². The lowest BCUT2D eigenvalue weighted by Gasteiger charge is -2.12. The van der Waals surface area contributed by atoms with E-state index in [1.54, 1.807) is 20.2 Å². The van der Waals surface area contributed by atoms with Crippen LogP contribution >= 0.6 is 0 Å². The van der Waals surface area contributed by atoms with Crippen molar-refractivity contribution in [3.8, 4) is 5.75 Å². The number of hydrogen-bond acceptors (Lipinski definition) is 5. The average molecular weight is 254 g/mol. The van der Waals surface area contributed by atoms with Gasteiger partial charge in [-0.15, -0.1) is 0 Å². The van der Waals surface area contributed by atoms with E-state index < -0.39 is 0 Å². The molecule has 0 atom stereocenters. The Balaban J connectivity index is 2.48. The SMILES string of the molecule is COCCCCNCc1c(CO)cnc(C)c1O. The summed E-state index contributed by atoms with van der Waals surface area (Å²) < 4.78 is 4.97. The number of aliphatic hydroxyl groups excluding tert-OH is 1. The molecule has 0 aliphatic rings. The van der Waals surface area contributed by atoms with Gasteiger partial charge in [-0.2, -0.15) is 0 Å². The summed E-state index contributed by atoms with van der Waals surface area (Å²) in [5.41, 5.74) is 1.99. The summed E-state index contributed by atoms with van der Waals surface area (Å²) in [5, 5.41) is 22.4. The van der Waals surface area contributed by atoms with Gasteiger partial charge in [-0.25, -0.2) is 0 Å². The Hall–Kier alpha value is -1.17. The van der Waals surface area contributed by atoms with Crippen LogP contribution in [0.4, 0.5) is 0 Å². The number of nitrogens with one attached hydrogen (secondary N) is 1. The third-order valence-corrected chi connectivity index (χ3v) is 2.85. The van der Waals surface area contributed by atoms with Gasteiger partial charge in [0.15, 0.2) is 0 Å². The molecule has 1 heterocycles. The lowest BCUT2D eigenvalue weighted by atomic mass is 10.1. The lowest BCUT2D eigenvalue weighted by molar-refractivity contribution is 0.192. The van der Waals surface area contributed by atoms with E-state index in [1.165, 1.54) is 0 Å². The fraction of sp³-hybridized carbons (Fsp3) is 0.615. The van der Waals surface area contributed by atoms with Gasteiger partial charge in [0.1, 0.15) is 5.75 Å². The van der Waals surface area contributed by atoms with E-state index in [0.29, 0.717) is 17.8 Å². The number of rotatable bonds is 8. The molecule has 0 fully saturated rings. The summed E-state index contributed by atoms with van der Waals surface area (Å²) in [6.07, 6.45) is 3.64. The van der Waals surface area contributed by atoms with Gasteiger partial charge in [-0.05, 0) is 26.3 Å². The van der Waals surface area contributed by atoms with Crippen LogP contribution in [0, 0.1) is 6.92 Å². The molecule has 1 rings (SSSR count). The molecule has 0 unspecified atom stereocenters. The van der Waals surface area contributed by atoms with E-state index in [4.69, 9.17) is 4.74 Å². The predicted molar refractivity (Wildman–Crippen MR) is 69.4 cm³/mol. The number of ether oxygens (including phenoxy) is 1. The number of aryl methyl sites for hydroxylation is 1. The van der Waals surface area contributed by atoms with Crippen LogP contribution in [0.15, 0.2) is 6.20 Å². The second-order valence-electron chi connectivity index (χ2n) is 4.23. The van der Waals surface area contributed by atoms with Gasteiger partial charge in [0.2, 0.25) is 0 Å². The molecule has 0 aliphatic heterocycles. The normalized spacial score (nSPS) is 10.8. The van der Waals surface area contributed by atoms with Crippen LogP contribution < -0.4 is 5.32 Å². The largest absolute Gasteiger partial charge is 0.506 e. The minimum atomic E-state index is -0.110. The minimum Gasteiger partial charge on any atom is -0.506 e. The molecule has 1 aromatic rings. The van der Waals surface area contributed by atoms with Crippen molar-refractivity contribution in [1.82, 2.24) is 10.3 Å². The number of aromatic nitrogens is 1. The van der Waals surface area contributed by atoms with Gasteiger partial charge in [0.05, 0.1) is 12.3 Å². The Morgan fingerprint density at radius 3 is 2.83 bits per heavy atom. The molecular formula is C13H22N2O3. The van der Waals surface area contributed by atoms with Crippen molar-refractivity contribution < 1.29 is 14.9 Å². The van der Waals surface area contributed by atoms with E-state index >= 15 is 0 Å². The van der Waals surface area contributed by atoms with Gasteiger partial charge < -0.3 is 20.3 Å². The van der Waals surface area contributed by atoms with Gasteiger partial charge in [-0.1, -0.05) is 0 Å². The molecule has 0 amide bonds. The molecule has 0 radical (unpaired) electrons. The molecule has 5 heteroatoms. The second-order valence-corrected chi connectivity index (χ2v) is 4.23. The van der Waals surface area contributed by atoms with Crippen molar-refractivity contribution in [1.29, 1.82) is 0 Å². The molecule has 0 spiro atoms. The first kappa shape index (κ1) is 14.9. The number of hydrogen-bond donors (Lipinski definition) is 3. The highest BCUT2D eigenvalue weighted by Gasteiger charge is 2.10. The summed E-state index contributed by atoms with van der Waals surface area (Å²) in [7, 11) is 1.69. The molecule has 18 heavy (non-hydrogen) atoms. The lowest BCUT2D eigenvalue weighted by Crippen LogP contribution is -2.17. The predicted octanol–water partition coefficient (Wildman–Crippen LogP) is 1.10. The molecule has 3 N–H and O–H groups in total. The number of nitrogens with zero attached hydrogens (tertiary/aromatic N) is 1. The van der Waals surface area contributed by atoms with Crippen molar-refractivity contribution in [2.24, 2.45) is 0 Å². The summed E-state index contributed by atoms with van der Waals surface area (Å²) in [4.78, 5) is 4.02. The maximum atomic E-state index is 9.92. The zero-order valence-corrected chi connectivity index (χ0v) is 11.1.